The van der Waals surface area contributed by atoms with Gasteiger partial charge in [-0.3, -0.25) is 0 Å². The minimum Gasteiger partial charge on any atom is -0.454 e. The molecule has 0 fully saturated rings. The average molecular weight is 709 g/mol. The van der Waals surface area contributed by atoms with Gasteiger partial charge in [0.25, 0.3) is 0 Å². The van der Waals surface area contributed by atoms with Gasteiger partial charge in [0.05, 0.1) is 11.0 Å². The molecule has 0 unspecified atom stereocenters. The third-order valence-corrected chi connectivity index (χ3v) is 11.5. The molecule has 8 aromatic carbocycles. The summed E-state index contributed by atoms with van der Waals surface area (Å²) in [5.74, 6) is 1.82. The van der Waals surface area contributed by atoms with Crippen molar-refractivity contribution < 1.29 is 4.74 Å². The van der Waals surface area contributed by atoms with Crippen LogP contribution in [0, 0.1) is 0 Å². The Balaban J connectivity index is 1.05. The molecule has 1 aliphatic heterocycles. The number of nitrogens with zero attached hydrogens (tertiary/aromatic N) is 2. The molecular formula is C52H40N2O. The minimum absolute atomic E-state index is 0.320. The molecule has 1 aromatic heterocycles. The molecule has 3 heteroatoms. The van der Waals surface area contributed by atoms with E-state index in [4.69, 9.17) is 4.74 Å². The summed E-state index contributed by atoms with van der Waals surface area (Å²) in [6, 6.07) is 67.5. The van der Waals surface area contributed by atoms with Crippen LogP contribution >= 0.6 is 0 Å². The molecule has 0 amide bonds. The first-order valence-corrected chi connectivity index (χ1v) is 19.0. The van der Waals surface area contributed by atoms with Crippen molar-refractivity contribution in [3.8, 4) is 50.6 Å². The summed E-state index contributed by atoms with van der Waals surface area (Å²) in [5, 5.41) is 2.40. The van der Waals surface area contributed by atoms with Crippen LogP contribution in [0.3, 0.4) is 0 Å². The number of anilines is 2. The largest absolute Gasteiger partial charge is 0.454 e. The molecular weight excluding hydrogens is 669 g/mol. The first-order chi connectivity index (χ1) is 27.0. The van der Waals surface area contributed by atoms with Crippen molar-refractivity contribution in [1.82, 2.24) is 4.57 Å². The molecule has 9 aromatic rings. The zero-order valence-corrected chi connectivity index (χ0v) is 31.2. The number of fused-ring (bicyclic) bond motifs is 6. The number of ether oxygens (including phenoxy) is 1. The van der Waals surface area contributed by atoms with Crippen molar-refractivity contribution >= 4 is 33.2 Å². The molecule has 2 heterocycles. The predicted molar refractivity (Wildman–Crippen MR) is 230 cm³/mol. The lowest BCUT2D eigenvalue weighted by atomic mass is 9.74. The summed E-state index contributed by atoms with van der Waals surface area (Å²) < 4.78 is 9.45. The van der Waals surface area contributed by atoms with Crippen molar-refractivity contribution in [3.05, 3.63) is 199 Å². The average Bonchev–Trinajstić information content (AvgIpc) is 3.59. The first kappa shape index (κ1) is 32.8. The lowest BCUT2D eigenvalue weighted by Crippen LogP contribution is -2.24. The number of para-hydroxylation sites is 2. The molecule has 0 atom stereocenters. The predicted octanol–water partition coefficient (Wildman–Crippen LogP) is 14.0. The van der Waals surface area contributed by atoms with Gasteiger partial charge in [-0.2, -0.15) is 0 Å². The second-order valence-corrected chi connectivity index (χ2v) is 15.0. The van der Waals surface area contributed by atoms with E-state index < -0.39 is 0 Å². The number of rotatable bonds is 6. The molecule has 55 heavy (non-hydrogen) atoms. The molecule has 3 nitrogen and oxygen atoms in total. The van der Waals surface area contributed by atoms with Crippen molar-refractivity contribution in [2.24, 2.45) is 0 Å². The van der Waals surface area contributed by atoms with Crippen LogP contribution < -0.4 is 9.64 Å². The van der Waals surface area contributed by atoms with Gasteiger partial charge in [-0.1, -0.05) is 153 Å². The van der Waals surface area contributed by atoms with E-state index >= 15 is 0 Å². The lowest BCUT2D eigenvalue weighted by Gasteiger charge is -2.35. The van der Waals surface area contributed by atoms with Crippen molar-refractivity contribution in [2.75, 3.05) is 11.9 Å². The SMILES string of the molecule is CN(c1ccc(-c2ccccc2)cc1)c1ccccc1-c1ccc2c(c1)C(C)(C)c1ccc3c4ccccc4n(-c4ccc(-c5ccccc5)cc4)c3c1O2. The normalized spacial score (nSPS) is 12.9. The fourth-order valence-corrected chi connectivity index (χ4v) is 8.51. The van der Waals surface area contributed by atoms with Crippen LogP contribution in [-0.2, 0) is 5.41 Å². The Morgan fingerprint density at radius 1 is 0.491 bits per heavy atom. The molecule has 10 rings (SSSR count). The molecule has 0 bridgehead atoms. The molecule has 0 radical (unpaired) electrons. The molecule has 264 valence electrons. The van der Waals surface area contributed by atoms with Crippen LogP contribution in [0.1, 0.15) is 25.0 Å². The maximum Gasteiger partial charge on any atom is 0.156 e. The molecule has 0 saturated heterocycles. The van der Waals surface area contributed by atoms with Gasteiger partial charge in [0, 0.05) is 57.0 Å². The Morgan fingerprint density at radius 3 is 1.78 bits per heavy atom. The fourth-order valence-electron chi connectivity index (χ4n) is 8.51. The Morgan fingerprint density at radius 2 is 1.07 bits per heavy atom. The maximum absolute atomic E-state index is 7.07. The van der Waals surface area contributed by atoms with E-state index in [1.54, 1.807) is 0 Å². The summed E-state index contributed by atoms with van der Waals surface area (Å²) in [5.41, 5.74) is 14.9. The van der Waals surface area contributed by atoms with Crippen LogP contribution in [-0.4, -0.2) is 11.6 Å². The molecule has 0 N–H and O–H groups in total. The quantitative estimate of drug-likeness (QED) is 0.171. The van der Waals surface area contributed by atoms with E-state index in [0.29, 0.717) is 0 Å². The zero-order valence-electron chi connectivity index (χ0n) is 31.2. The van der Waals surface area contributed by atoms with Gasteiger partial charge in [0.2, 0.25) is 0 Å². The minimum atomic E-state index is -0.320. The van der Waals surface area contributed by atoms with E-state index in [1.165, 1.54) is 49.7 Å². The maximum atomic E-state index is 7.07. The zero-order chi connectivity index (χ0) is 37.1. The third kappa shape index (κ3) is 5.42. The highest BCUT2D eigenvalue weighted by Gasteiger charge is 2.37. The van der Waals surface area contributed by atoms with Crippen LogP contribution in [0.4, 0.5) is 11.4 Å². The van der Waals surface area contributed by atoms with Gasteiger partial charge in [-0.15, -0.1) is 0 Å². The topological polar surface area (TPSA) is 17.4 Å². The van der Waals surface area contributed by atoms with Gasteiger partial charge in [0.15, 0.2) is 5.75 Å². The number of benzene rings is 8. The van der Waals surface area contributed by atoms with Crippen molar-refractivity contribution in [3.63, 3.8) is 0 Å². The van der Waals surface area contributed by atoms with Crippen LogP contribution in [0.2, 0.25) is 0 Å². The molecule has 0 aliphatic carbocycles. The second-order valence-electron chi connectivity index (χ2n) is 15.0. The standard InChI is InChI=1S/C52H40N2O/c1-52(2)45-32-31-44-43-19-11-13-21-48(43)54(41-29-24-38(25-30-41)36-16-8-5-9-17-36)50(44)51(45)55-49-33-26-39(34-46(49)52)42-18-10-12-20-47(42)53(3)40-27-22-37(23-28-40)35-14-6-4-7-15-35/h4-34H,1-3H3. The second kappa shape index (κ2) is 12.9. The van der Waals surface area contributed by atoms with Gasteiger partial charge in [-0.05, 0) is 76.3 Å². The molecule has 0 spiro atoms. The van der Waals surface area contributed by atoms with E-state index in [9.17, 15) is 0 Å². The summed E-state index contributed by atoms with van der Waals surface area (Å²) >= 11 is 0. The summed E-state index contributed by atoms with van der Waals surface area (Å²) in [6.07, 6.45) is 0. The number of hydrogen-bond donors (Lipinski definition) is 0. The van der Waals surface area contributed by atoms with Crippen LogP contribution in [0.25, 0.3) is 60.9 Å². The molecule has 0 saturated carbocycles. The number of hydrogen-bond acceptors (Lipinski definition) is 2. The van der Waals surface area contributed by atoms with Gasteiger partial charge in [-0.25, -0.2) is 0 Å². The highest BCUT2D eigenvalue weighted by atomic mass is 16.5. The third-order valence-electron chi connectivity index (χ3n) is 11.5. The Hall–Kier alpha value is -6.84. The van der Waals surface area contributed by atoms with E-state index in [2.05, 4.69) is 218 Å². The highest BCUT2D eigenvalue weighted by Crippen LogP contribution is 2.53. The Kier molecular flexibility index (Phi) is 7.71. The monoisotopic (exact) mass is 708 g/mol. The van der Waals surface area contributed by atoms with E-state index in [-0.39, 0.29) is 5.41 Å². The van der Waals surface area contributed by atoms with E-state index in [1.807, 2.05) is 0 Å². The van der Waals surface area contributed by atoms with E-state index in [0.717, 1.165) is 45.2 Å². The highest BCUT2D eigenvalue weighted by molar-refractivity contribution is 6.12. The Bertz CT molecular complexity index is 2850. The molecule has 1 aliphatic rings. The van der Waals surface area contributed by atoms with Crippen molar-refractivity contribution in [2.45, 2.75) is 19.3 Å². The van der Waals surface area contributed by atoms with Gasteiger partial charge < -0.3 is 14.2 Å². The lowest BCUT2D eigenvalue weighted by molar-refractivity contribution is 0.422. The van der Waals surface area contributed by atoms with Crippen LogP contribution in [0.5, 0.6) is 11.5 Å². The fraction of sp³-hybridized carbons (Fsp3) is 0.0769. The summed E-state index contributed by atoms with van der Waals surface area (Å²) in [7, 11) is 2.15. The smallest absolute Gasteiger partial charge is 0.156 e. The number of aromatic nitrogens is 1. The Labute approximate surface area is 322 Å². The first-order valence-electron chi connectivity index (χ1n) is 19.0. The van der Waals surface area contributed by atoms with Gasteiger partial charge >= 0.3 is 0 Å². The van der Waals surface area contributed by atoms with Crippen molar-refractivity contribution in [1.29, 1.82) is 0 Å². The summed E-state index contributed by atoms with van der Waals surface area (Å²) in [6.45, 7) is 4.66. The van der Waals surface area contributed by atoms with Gasteiger partial charge in [0.1, 0.15) is 5.75 Å². The summed E-state index contributed by atoms with van der Waals surface area (Å²) in [4.78, 5) is 2.28. The van der Waals surface area contributed by atoms with Crippen LogP contribution in [0.15, 0.2) is 188 Å².